The molecule has 208 valence electrons. The molecule has 0 bridgehead atoms. The lowest BCUT2D eigenvalue weighted by Gasteiger charge is -2.41. The maximum atomic E-state index is 12.1. The fourth-order valence-corrected chi connectivity index (χ4v) is 4.04. The van der Waals surface area contributed by atoms with Crippen molar-refractivity contribution in [2.24, 2.45) is 0 Å². The van der Waals surface area contributed by atoms with E-state index in [0.29, 0.717) is 13.0 Å². The standard InChI is InChI=1S/C22H42O12S/c1-3-5-7-8-9-10-12-30-14-16(32-18(24)11-6-4-2)15-31-22-20(26)21(34-35(27,28)29)19(25)17(13-23)33-22/h16-17,19-23,25-26H,3-15H2,1-2H3,(H,27,28,29). The van der Waals surface area contributed by atoms with Crippen LogP contribution in [0.1, 0.15) is 71.6 Å². The molecule has 0 aromatic carbocycles. The monoisotopic (exact) mass is 530 g/mol. The molecule has 0 saturated carbocycles. The lowest BCUT2D eigenvalue weighted by atomic mass is 9.99. The van der Waals surface area contributed by atoms with E-state index in [0.717, 1.165) is 25.7 Å². The summed E-state index contributed by atoms with van der Waals surface area (Å²) in [7, 11) is -5.03. The number of aliphatic hydroxyl groups is 3. The molecule has 12 nitrogen and oxygen atoms in total. The van der Waals surface area contributed by atoms with E-state index in [1.807, 2.05) is 6.92 Å². The van der Waals surface area contributed by atoms with Crippen molar-refractivity contribution >= 4 is 16.4 Å². The molecule has 0 amide bonds. The molecule has 1 saturated heterocycles. The maximum absolute atomic E-state index is 12.1. The highest BCUT2D eigenvalue weighted by Crippen LogP contribution is 2.25. The van der Waals surface area contributed by atoms with Gasteiger partial charge in [0.1, 0.15) is 30.5 Å². The zero-order valence-electron chi connectivity index (χ0n) is 20.6. The predicted molar refractivity (Wildman–Crippen MR) is 124 cm³/mol. The molecule has 1 fully saturated rings. The molecule has 0 aromatic heterocycles. The zero-order chi connectivity index (χ0) is 26.3. The van der Waals surface area contributed by atoms with E-state index >= 15 is 0 Å². The van der Waals surface area contributed by atoms with Crippen LogP contribution in [0.5, 0.6) is 0 Å². The van der Waals surface area contributed by atoms with Gasteiger partial charge in [0.2, 0.25) is 0 Å². The van der Waals surface area contributed by atoms with Crippen LogP contribution in [0.15, 0.2) is 0 Å². The molecule has 0 radical (unpaired) electrons. The first kappa shape index (κ1) is 32.1. The summed E-state index contributed by atoms with van der Waals surface area (Å²) in [6.07, 6.45) is -0.952. The van der Waals surface area contributed by atoms with Crippen molar-refractivity contribution in [3.63, 3.8) is 0 Å². The minimum Gasteiger partial charge on any atom is -0.457 e. The number of unbranched alkanes of at least 4 members (excludes halogenated alkanes) is 6. The summed E-state index contributed by atoms with van der Waals surface area (Å²) < 4.78 is 57.4. The SMILES string of the molecule is CCCCCCCCOCC(COC1OC(CO)C(O)C(OS(=O)(=O)O)C1O)OC(=O)CCCC. The minimum absolute atomic E-state index is 0.0344. The van der Waals surface area contributed by atoms with Gasteiger partial charge in [0.25, 0.3) is 0 Å². The molecule has 0 spiro atoms. The minimum atomic E-state index is -5.03. The zero-order valence-corrected chi connectivity index (χ0v) is 21.4. The number of hydrogen-bond acceptors (Lipinski definition) is 11. The average Bonchev–Trinajstić information content (AvgIpc) is 2.80. The van der Waals surface area contributed by atoms with Gasteiger partial charge < -0.3 is 34.3 Å². The molecule has 0 aliphatic carbocycles. The van der Waals surface area contributed by atoms with Gasteiger partial charge in [-0.25, -0.2) is 4.18 Å². The Bertz CT molecular complexity index is 673. The Kier molecular flexibility index (Phi) is 16.1. The average molecular weight is 531 g/mol. The third-order valence-corrected chi connectivity index (χ3v) is 5.94. The highest BCUT2D eigenvalue weighted by atomic mass is 32.3. The number of carbonyl (C=O) groups is 1. The predicted octanol–water partition coefficient (Wildman–Crippen LogP) is 1.11. The van der Waals surface area contributed by atoms with Crippen LogP contribution in [-0.2, 0) is 38.3 Å². The third kappa shape index (κ3) is 13.3. The van der Waals surface area contributed by atoms with E-state index in [1.54, 1.807) is 0 Å². The Morgan fingerprint density at radius 2 is 1.63 bits per heavy atom. The summed E-state index contributed by atoms with van der Waals surface area (Å²) in [5, 5.41) is 29.9. The Balaban J connectivity index is 2.68. The summed E-state index contributed by atoms with van der Waals surface area (Å²) in [6, 6.07) is 0. The number of carbonyl (C=O) groups excluding carboxylic acids is 1. The van der Waals surface area contributed by atoms with E-state index < -0.39 is 59.8 Å². The summed E-state index contributed by atoms with van der Waals surface area (Å²) >= 11 is 0. The second-order valence-electron chi connectivity index (χ2n) is 8.59. The Morgan fingerprint density at radius 3 is 2.26 bits per heavy atom. The smallest absolute Gasteiger partial charge is 0.397 e. The fraction of sp³-hybridized carbons (Fsp3) is 0.955. The summed E-state index contributed by atoms with van der Waals surface area (Å²) in [4.78, 5) is 12.1. The van der Waals surface area contributed by atoms with Crippen LogP contribution >= 0.6 is 0 Å². The van der Waals surface area contributed by atoms with Crippen molar-refractivity contribution in [2.75, 3.05) is 26.4 Å². The van der Waals surface area contributed by atoms with Crippen molar-refractivity contribution in [3.05, 3.63) is 0 Å². The summed E-state index contributed by atoms with van der Waals surface area (Å²) in [5.41, 5.74) is 0. The summed E-state index contributed by atoms with van der Waals surface area (Å²) in [6.45, 7) is 3.58. The normalized spacial score (nSPS) is 25.9. The van der Waals surface area contributed by atoms with Crippen molar-refractivity contribution in [1.82, 2.24) is 0 Å². The molecular formula is C22H42O12S. The van der Waals surface area contributed by atoms with Gasteiger partial charge in [-0.3, -0.25) is 9.35 Å². The number of esters is 1. The van der Waals surface area contributed by atoms with Gasteiger partial charge >= 0.3 is 16.4 Å². The molecular weight excluding hydrogens is 488 g/mol. The van der Waals surface area contributed by atoms with Gasteiger partial charge in [0.05, 0.1) is 19.8 Å². The van der Waals surface area contributed by atoms with Gasteiger partial charge in [0, 0.05) is 13.0 Å². The second kappa shape index (κ2) is 17.5. The maximum Gasteiger partial charge on any atom is 0.397 e. The van der Waals surface area contributed by atoms with Crippen LogP contribution in [0.25, 0.3) is 0 Å². The number of hydrogen-bond donors (Lipinski definition) is 4. The first-order chi connectivity index (χ1) is 16.6. The first-order valence-corrected chi connectivity index (χ1v) is 13.7. The molecule has 1 aliphatic rings. The van der Waals surface area contributed by atoms with Gasteiger partial charge in [-0.05, 0) is 12.8 Å². The Hall–Kier alpha value is -0.900. The van der Waals surface area contributed by atoms with E-state index in [2.05, 4.69) is 11.1 Å². The number of rotatable bonds is 19. The van der Waals surface area contributed by atoms with Crippen LogP contribution in [0.2, 0.25) is 0 Å². The first-order valence-electron chi connectivity index (χ1n) is 12.3. The quantitative estimate of drug-likeness (QED) is 0.106. The van der Waals surface area contributed by atoms with Gasteiger partial charge in [-0.15, -0.1) is 0 Å². The van der Waals surface area contributed by atoms with Gasteiger partial charge in [-0.1, -0.05) is 52.4 Å². The van der Waals surface area contributed by atoms with E-state index in [4.69, 9.17) is 23.5 Å². The van der Waals surface area contributed by atoms with Crippen molar-refractivity contribution in [2.45, 2.75) is 108 Å². The van der Waals surface area contributed by atoms with Gasteiger partial charge in [0.15, 0.2) is 6.29 Å². The number of aliphatic hydroxyl groups excluding tert-OH is 3. The largest absolute Gasteiger partial charge is 0.457 e. The third-order valence-electron chi connectivity index (χ3n) is 5.48. The lowest BCUT2D eigenvalue weighted by molar-refractivity contribution is -0.301. The molecule has 6 atom stereocenters. The van der Waals surface area contributed by atoms with Crippen LogP contribution in [0.3, 0.4) is 0 Å². The van der Waals surface area contributed by atoms with E-state index in [1.165, 1.54) is 19.3 Å². The van der Waals surface area contributed by atoms with Gasteiger partial charge in [-0.2, -0.15) is 8.42 Å². The molecule has 0 aromatic rings. The van der Waals surface area contributed by atoms with E-state index in [-0.39, 0.29) is 19.6 Å². The van der Waals surface area contributed by atoms with Crippen molar-refractivity contribution in [3.8, 4) is 0 Å². The number of ether oxygens (including phenoxy) is 4. The fourth-order valence-electron chi connectivity index (χ4n) is 3.53. The molecule has 4 N–H and O–H groups in total. The van der Waals surface area contributed by atoms with E-state index in [9.17, 15) is 28.5 Å². The van der Waals surface area contributed by atoms with Crippen LogP contribution < -0.4 is 0 Å². The van der Waals surface area contributed by atoms with Crippen molar-refractivity contribution in [1.29, 1.82) is 0 Å². The highest BCUT2D eigenvalue weighted by molar-refractivity contribution is 7.80. The van der Waals surface area contributed by atoms with Crippen molar-refractivity contribution < 1.29 is 56.2 Å². The highest BCUT2D eigenvalue weighted by Gasteiger charge is 2.47. The topological polar surface area (TPSA) is 178 Å². The van der Waals surface area contributed by atoms with Crippen LogP contribution in [-0.4, -0.2) is 97.5 Å². The molecule has 6 unspecified atom stereocenters. The second-order valence-corrected chi connectivity index (χ2v) is 9.63. The molecule has 13 heteroatoms. The molecule has 1 rings (SSSR count). The lowest BCUT2D eigenvalue weighted by Crippen LogP contribution is -2.60. The molecule has 1 heterocycles. The van der Waals surface area contributed by atoms with Crippen LogP contribution in [0, 0.1) is 0 Å². The molecule has 35 heavy (non-hydrogen) atoms. The Labute approximate surface area is 207 Å². The Morgan fingerprint density at radius 1 is 0.971 bits per heavy atom. The summed E-state index contributed by atoms with van der Waals surface area (Å²) in [5.74, 6) is -0.440. The van der Waals surface area contributed by atoms with Crippen LogP contribution in [0.4, 0.5) is 0 Å². The molecule has 1 aliphatic heterocycles.